The van der Waals surface area contributed by atoms with E-state index in [0.717, 1.165) is 5.56 Å². The van der Waals surface area contributed by atoms with Crippen LogP contribution in [0.2, 0.25) is 5.02 Å². The van der Waals surface area contributed by atoms with Crippen LogP contribution in [0.3, 0.4) is 0 Å². The predicted molar refractivity (Wildman–Crippen MR) is 95.5 cm³/mol. The number of nitrogen functional groups attached to an aromatic ring is 1. The molecule has 1 aliphatic rings. The van der Waals surface area contributed by atoms with Crippen LogP contribution in [0.15, 0.2) is 35.5 Å². The molecule has 0 saturated carbocycles. The molecule has 0 saturated heterocycles. The number of nitrogens with two attached hydrogens (primary N) is 1. The van der Waals surface area contributed by atoms with Gasteiger partial charge < -0.3 is 20.8 Å². The lowest BCUT2D eigenvalue weighted by Crippen LogP contribution is -2.26. The monoisotopic (exact) mass is 362 g/mol. The van der Waals surface area contributed by atoms with E-state index >= 15 is 0 Å². The minimum absolute atomic E-state index is 0.256. The smallest absolute Gasteiger partial charge is 0.336 e. The third-order valence-electron chi connectivity index (χ3n) is 3.91. The number of carbonyl (C=O) groups excluding carboxylic acids is 1. The second kappa shape index (κ2) is 6.26. The van der Waals surface area contributed by atoms with Crippen molar-refractivity contribution < 1.29 is 9.53 Å². The van der Waals surface area contributed by atoms with E-state index in [0.29, 0.717) is 33.5 Å². The van der Waals surface area contributed by atoms with Gasteiger partial charge >= 0.3 is 5.97 Å². The van der Waals surface area contributed by atoms with Crippen molar-refractivity contribution in [3.8, 4) is 0 Å². The highest BCUT2D eigenvalue weighted by atomic mass is 35.5. The van der Waals surface area contributed by atoms with Gasteiger partial charge in [0.2, 0.25) is 0 Å². The van der Waals surface area contributed by atoms with Crippen LogP contribution in [0.4, 0.5) is 11.6 Å². The number of allylic oxidation sites excluding steroid dienone is 1. The van der Waals surface area contributed by atoms with E-state index in [1.807, 2.05) is 18.2 Å². The molecule has 124 valence electrons. The Kier molecular flexibility index (Phi) is 4.29. The van der Waals surface area contributed by atoms with E-state index in [9.17, 15) is 4.79 Å². The molecule has 0 spiro atoms. The standard InChI is InChI=1S/C16H15ClN4O2S/c1-7-10(15(22)23-2)11(8-5-3-4-6-9(8)17)12-13(18)20-16(24)21-14(12)19-7/h3-6,11H,1-2H3,(H4,18,19,20,21,24). The van der Waals surface area contributed by atoms with E-state index in [4.69, 9.17) is 34.3 Å². The molecule has 1 aromatic heterocycles. The number of rotatable bonds is 2. The molecule has 24 heavy (non-hydrogen) atoms. The van der Waals surface area contributed by atoms with Gasteiger partial charge in [-0.15, -0.1) is 0 Å². The van der Waals surface area contributed by atoms with Gasteiger partial charge in [-0.05, 0) is 30.8 Å². The summed E-state index contributed by atoms with van der Waals surface area (Å²) in [5, 5.41) is 3.60. The Morgan fingerprint density at radius 3 is 2.79 bits per heavy atom. The van der Waals surface area contributed by atoms with Crippen molar-refractivity contribution in [2.75, 3.05) is 18.2 Å². The first kappa shape index (κ1) is 16.5. The number of hydrogen-bond acceptors (Lipinski definition) is 6. The van der Waals surface area contributed by atoms with Crippen molar-refractivity contribution in [1.82, 2.24) is 9.97 Å². The van der Waals surface area contributed by atoms with Gasteiger partial charge in [-0.1, -0.05) is 29.8 Å². The SMILES string of the molecule is COC(=O)C1=C(C)Nc2nc(=S)[nH]c(N)c2C1c1ccccc1Cl. The number of anilines is 2. The van der Waals surface area contributed by atoms with Crippen LogP contribution >= 0.6 is 23.8 Å². The molecule has 8 heteroatoms. The first-order valence-corrected chi connectivity index (χ1v) is 7.93. The summed E-state index contributed by atoms with van der Waals surface area (Å²) in [4.78, 5) is 19.5. The fourth-order valence-electron chi connectivity index (χ4n) is 2.89. The molecule has 0 radical (unpaired) electrons. The van der Waals surface area contributed by atoms with Crippen molar-refractivity contribution in [1.29, 1.82) is 0 Å². The zero-order chi connectivity index (χ0) is 17.4. The number of H-pyrrole nitrogens is 1. The molecule has 2 aromatic rings. The molecular weight excluding hydrogens is 348 g/mol. The fourth-order valence-corrected chi connectivity index (χ4v) is 3.34. The highest BCUT2D eigenvalue weighted by Crippen LogP contribution is 2.45. The number of hydrogen-bond donors (Lipinski definition) is 3. The predicted octanol–water partition coefficient (Wildman–Crippen LogP) is 3.38. The van der Waals surface area contributed by atoms with E-state index in [1.54, 1.807) is 13.0 Å². The third-order valence-corrected chi connectivity index (χ3v) is 4.45. The molecule has 0 bridgehead atoms. The van der Waals surface area contributed by atoms with Crippen LogP contribution in [0.25, 0.3) is 0 Å². The number of esters is 1. The number of halogens is 1. The van der Waals surface area contributed by atoms with Gasteiger partial charge in [0, 0.05) is 16.3 Å². The summed E-state index contributed by atoms with van der Waals surface area (Å²) in [7, 11) is 1.34. The molecule has 1 aromatic carbocycles. The van der Waals surface area contributed by atoms with Crippen molar-refractivity contribution in [2.24, 2.45) is 0 Å². The Bertz CT molecular complexity index is 923. The lowest BCUT2D eigenvalue weighted by molar-refractivity contribution is -0.136. The number of nitrogens with one attached hydrogen (secondary N) is 2. The summed E-state index contributed by atoms with van der Waals surface area (Å²) >= 11 is 11.5. The molecule has 1 aliphatic heterocycles. The highest BCUT2D eigenvalue weighted by molar-refractivity contribution is 7.71. The Morgan fingerprint density at radius 2 is 2.12 bits per heavy atom. The number of carbonyl (C=O) groups is 1. The summed E-state index contributed by atoms with van der Waals surface area (Å²) in [5.41, 5.74) is 8.54. The number of fused-ring (bicyclic) bond motifs is 1. The molecule has 2 heterocycles. The lowest BCUT2D eigenvalue weighted by Gasteiger charge is -2.30. The average Bonchev–Trinajstić information content (AvgIpc) is 2.53. The van der Waals surface area contributed by atoms with E-state index in [1.165, 1.54) is 7.11 Å². The largest absolute Gasteiger partial charge is 0.466 e. The Balaban J connectivity index is 2.35. The maximum atomic E-state index is 12.4. The van der Waals surface area contributed by atoms with E-state index in [2.05, 4.69) is 15.3 Å². The maximum Gasteiger partial charge on any atom is 0.336 e. The van der Waals surface area contributed by atoms with Gasteiger partial charge in [-0.2, -0.15) is 0 Å². The van der Waals surface area contributed by atoms with Crippen LogP contribution in [0.1, 0.15) is 24.0 Å². The highest BCUT2D eigenvalue weighted by Gasteiger charge is 2.36. The number of ether oxygens (including phenoxy) is 1. The van der Waals surface area contributed by atoms with Gasteiger partial charge in [-0.25, -0.2) is 9.78 Å². The van der Waals surface area contributed by atoms with E-state index < -0.39 is 11.9 Å². The fraction of sp³-hybridized carbons (Fsp3) is 0.188. The second-order valence-corrected chi connectivity index (χ2v) is 6.12. The molecular formula is C16H15ClN4O2S. The van der Waals surface area contributed by atoms with Gasteiger partial charge in [0.1, 0.15) is 11.6 Å². The van der Waals surface area contributed by atoms with E-state index in [-0.39, 0.29) is 4.77 Å². The number of nitrogens with zero attached hydrogens (tertiary/aromatic N) is 1. The van der Waals surface area contributed by atoms with Crippen LogP contribution in [0.5, 0.6) is 0 Å². The molecule has 0 amide bonds. The minimum atomic E-state index is -0.512. The van der Waals surface area contributed by atoms with Gasteiger partial charge in [0.05, 0.1) is 18.6 Å². The van der Waals surface area contributed by atoms with Gasteiger partial charge in [-0.3, -0.25) is 0 Å². The Hall–Kier alpha value is -2.38. The topological polar surface area (TPSA) is 93.0 Å². The Morgan fingerprint density at radius 1 is 1.42 bits per heavy atom. The van der Waals surface area contributed by atoms with Crippen molar-refractivity contribution in [3.63, 3.8) is 0 Å². The molecule has 4 N–H and O–H groups in total. The summed E-state index contributed by atoms with van der Waals surface area (Å²) < 4.78 is 5.21. The normalized spacial score (nSPS) is 16.4. The number of methoxy groups -OCH3 is 1. The summed E-state index contributed by atoms with van der Waals surface area (Å²) in [6.07, 6.45) is 0. The summed E-state index contributed by atoms with van der Waals surface area (Å²) in [6, 6.07) is 7.28. The second-order valence-electron chi connectivity index (χ2n) is 5.33. The van der Waals surface area contributed by atoms with Crippen LogP contribution in [-0.2, 0) is 9.53 Å². The zero-order valence-corrected chi connectivity index (χ0v) is 14.6. The molecule has 1 atom stereocenters. The van der Waals surface area contributed by atoms with Crippen molar-refractivity contribution >= 4 is 41.4 Å². The van der Waals surface area contributed by atoms with Crippen molar-refractivity contribution in [3.05, 3.63) is 56.5 Å². The average molecular weight is 363 g/mol. The zero-order valence-electron chi connectivity index (χ0n) is 13.0. The first-order chi connectivity index (χ1) is 11.4. The molecule has 0 fully saturated rings. The first-order valence-electron chi connectivity index (χ1n) is 7.14. The minimum Gasteiger partial charge on any atom is -0.466 e. The number of aromatic amines is 1. The quantitative estimate of drug-likeness (QED) is 0.560. The summed E-state index contributed by atoms with van der Waals surface area (Å²) in [6.45, 7) is 1.77. The van der Waals surface area contributed by atoms with Crippen LogP contribution < -0.4 is 11.1 Å². The third kappa shape index (κ3) is 2.65. The summed E-state index contributed by atoms with van der Waals surface area (Å²) in [5.74, 6) is -0.137. The van der Waals surface area contributed by atoms with Crippen LogP contribution in [0, 0.1) is 4.77 Å². The molecule has 6 nitrogen and oxygen atoms in total. The van der Waals surface area contributed by atoms with Gasteiger partial charge in [0.25, 0.3) is 0 Å². The maximum absolute atomic E-state index is 12.4. The molecule has 1 unspecified atom stereocenters. The van der Waals surface area contributed by atoms with Crippen molar-refractivity contribution in [2.45, 2.75) is 12.8 Å². The Labute approximate surface area is 148 Å². The molecule has 3 rings (SSSR count). The van der Waals surface area contributed by atoms with Gasteiger partial charge in [0.15, 0.2) is 4.77 Å². The number of benzene rings is 1. The van der Waals surface area contributed by atoms with Crippen LogP contribution in [-0.4, -0.2) is 23.0 Å². The lowest BCUT2D eigenvalue weighted by atomic mass is 9.82. The number of aromatic nitrogens is 2. The molecule has 0 aliphatic carbocycles.